The molecule has 1 N–H and O–H groups in total. The van der Waals surface area contributed by atoms with Gasteiger partial charge in [-0.25, -0.2) is 4.39 Å². The number of anilines is 1. The Labute approximate surface area is 138 Å². The number of rotatable bonds is 3. The molecule has 0 bridgehead atoms. The van der Waals surface area contributed by atoms with Crippen LogP contribution in [0.15, 0.2) is 22.7 Å². The van der Waals surface area contributed by atoms with Crippen LogP contribution in [0.4, 0.5) is 10.1 Å². The Balaban J connectivity index is 1.93. The number of amides is 1. The quantitative estimate of drug-likeness (QED) is 0.919. The molecule has 24 heavy (non-hydrogen) atoms. The minimum atomic E-state index is -0.829. The molecule has 2 aromatic rings. The van der Waals surface area contributed by atoms with E-state index < -0.39 is 11.4 Å². The molecule has 124 valence electrons. The maximum absolute atomic E-state index is 14.3. The molecule has 8 heteroatoms. The summed E-state index contributed by atoms with van der Waals surface area (Å²) in [6, 6.07) is 6.24. The van der Waals surface area contributed by atoms with E-state index in [2.05, 4.69) is 15.5 Å². The lowest BCUT2D eigenvalue weighted by molar-refractivity contribution is -0.120. The summed E-state index contributed by atoms with van der Waals surface area (Å²) in [4.78, 5) is 17.7. The van der Waals surface area contributed by atoms with E-state index in [4.69, 9.17) is 9.78 Å². The van der Waals surface area contributed by atoms with Gasteiger partial charge in [0.2, 0.25) is 11.8 Å². The molecule has 0 aliphatic carbocycles. The molecule has 1 fully saturated rings. The lowest BCUT2D eigenvalue weighted by atomic mass is 9.97. The lowest BCUT2D eigenvalue weighted by Crippen LogP contribution is -2.48. The summed E-state index contributed by atoms with van der Waals surface area (Å²) < 4.78 is 19.3. The molecule has 1 aromatic carbocycles. The Bertz CT molecular complexity index is 828. The second-order valence-corrected chi connectivity index (χ2v) is 5.85. The summed E-state index contributed by atoms with van der Waals surface area (Å²) >= 11 is 0. The third kappa shape index (κ3) is 2.80. The van der Waals surface area contributed by atoms with E-state index >= 15 is 0 Å². The predicted molar refractivity (Wildman–Crippen MR) is 82.5 cm³/mol. The van der Waals surface area contributed by atoms with Crippen LogP contribution in [-0.4, -0.2) is 29.1 Å². The Hall–Kier alpha value is -2.95. The first-order chi connectivity index (χ1) is 11.4. The van der Waals surface area contributed by atoms with Gasteiger partial charge >= 0.3 is 0 Å². The first kappa shape index (κ1) is 15.9. The number of nitrogens with zero attached hydrogens (tertiary/aromatic N) is 4. The van der Waals surface area contributed by atoms with Crippen molar-refractivity contribution in [2.24, 2.45) is 0 Å². The van der Waals surface area contributed by atoms with Crippen LogP contribution >= 0.6 is 0 Å². The number of carbonyl (C=O) groups excluding carboxylic acids is 1. The molecule has 1 aromatic heterocycles. The molecule has 3 rings (SSSR count). The van der Waals surface area contributed by atoms with Crippen molar-refractivity contribution in [3.05, 3.63) is 41.3 Å². The molecule has 1 atom stereocenters. The molecule has 1 aliphatic rings. The molecule has 0 spiro atoms. The summed E-state index contributed by atoms with van der Waals surface area (Å²) in [5, 5.41) is 15.7. The Morgan fingerprint density at radius 3 is 2.92 bits per heavy atom. The minimum Gasteiger partial charge on any atom is -0.366 e. The summed E-state index contributed by atoms with van der Waals surface area (Å²) in [6.07, 6.45) is 0.519. The van der Waals surface area contributed by atoms with Crippen molar-refractivity contribution in [1.82, 2.24) is 15.5 Å². The lowest BCUT2D eigenvalue weighted by Gasteiger charge is -2.27. The van der Waals surface area contributed by atoms with E-state index in [0.29, 0.717) is 36.9 Å². The molecule has 0 radical (unpaired) electrons. The van der Waals surface area contributed by atoms with Gasteiger partial charge in [-0.1, -0.05) is 5.16 Å². The van der Waals surface area contributed by atoms with Gasteiger partial charge in [0.05, 0.1) is 17.3 Å². The number of carbonyl (C=O) groups is 1. The summed E-state index contributed by atoms with van der Waals surface area (Å²) in [5.41, 5.74) is -0.192. The third-order valence-electron chi connectivity index (χ3n) is 4.06. The fourth-order valence-corrected chi connectivity index (χ4v) is 3.02. The van der Waals surface area contributed by atoms with Gasteiger partial charge in [-0.2, -0.15) is 10.2 Å². The topological polar surface area (TPSA) is 95.1 Å². The van der Waals surface area contributed by atoms with Crippen molar-refractivity contribution in [2.45, 2.75) is 25.8 Å². The van der Waals surface area contributed by atoms with Gasteiger partial charge in [-0.15, -0.1) is 0 Å². The highest BCUT2D eigenvalue weighted by atomic mass is 19.1. The van der Waals surface area contributed by atoms with Crippen molar-refractivity contribution in [1.29, 1.82) is 5.26 Å². The van der Waals surface area contributed by atoms with E-state index in [1.165, 1.54) is 13.0 Å². The average Bonchev–Trinajstić information content (AvgIpc) is 3.14. The number of benzene rings is 1. The molecule has 7 nitrogen and oxygen atoms in total. The van der Waals surface area contributed by atoms with E-state index in [-0.39, 0.29) is 11.5 Å². The van der Waals surface area contributed by atoms with Crippen molar-refractivity contribution in [3.8, 4) is 6.07 Å². The minimum absolute atomic E-state index is 0.223. The maximum atomic E-state index is 14.3. The molecule has 0 saturated carbocycles. The Morgan fingerprint density at radius 1 is 1.54 bits per heavy atom. The number of aromatic nitrogens is 2. The molecule has 1 saturated heterocycles. The standard InChI is InChI=1S/C16H16FN5O2/c1-10(23)20-16(15-19-11(2)24-21-15)5-6-22(9-16)14-4-3-12(8-18)7-13(14)17/h3-4,7H,5-6,9H2,1-2H3,(H,20,23)/t16-/m1/s1. The maximum Gasteiger partial charge on any atom is 0.223 e. The zero-order chi connectivity index (χ0) is 17.3. The first-order valence-corrected chi connectivity index (χ1v) is 7.48. The van der Waals surface area contributed by atoms with Gasteiger partial charge in [0, 0.05) is 26.9 Å². The number of aryl methyl sites for hydroxylation is 1. The average molecular weight is 329 g/mol. The van der Waals surface area contributed by atoms with Crippen molar-refractivity contribution < 1.29 is 13.7 Å². The molecule has 1 amide bonds. The normalized spacial score (nSPS) is 20.0. The first-order valence-electron chi connectivity index (χ1n) is 7.48. The van der Waals surface area contributed by atoms with Crippen LogP contribution in [0, 0.1) is 24.1 Å². The largest absolute Gasteiger partial charge is 0.366 e. The Kier molecular flexibility index (Phi) is 3.93. The van der Waals surface area contributed by atoms with Crippen molar-refractivity contribution in [3.63, 3.8) is 0 Å². The van der Waals surface area contributed by atoms with Gasteiger partial charge in [-0.3, -0.25) is 4.79 Å². The van der Waals surface area contributed by atoms with Gasteiger partial charge < -0.3 is 14.7 Å². The van der Waals surface area contributed by atoms with Crippen LogP contribution in [0.2, 0.25) is 0 Å². The highest BCUT2D eigenvalue weighted by Gasteiger charge is 2.44. The van der Waals surface area contributed by atoms with Crippen LogP contribution in [0.25, 0.3) is 0 Å². The van der Waals surface area contributed by atoms with Gasteiger partial charge in [0.1, 0.15) is 11.4 Å². The van der Waals surface area contributed by atoms with E-state index in [0.717, 1.165) is 0 Å². The van der Waals surface area contributed by atoms with E-state index in [9.17, 15) is 9.18 Å². The van der Waals surface area contributed by atoms with Crippen LogP contribution in [0.1, 0.15) is 30.6 Å². The molecular weight excluding hydrogens is 313 g/mol. The van der Waals surface area contributed by atoms with Crippen LogP contribution in [-0.2, 0) is 10.3 Å². The fraction of sp³-hybridized carbons (Fsp3) is 0.375. The molecule has 2 heterocycles. The smallest absolute Gasteiger partial charge is 0.223 e. The van der Waals surface area contributed by atoms with Gasteiger partial charge in [0.25, 0.3) is 0 Å². The van der Waals surface area contributed by atoms with E-state index in [1.54, 1.807) is 24.0 Å². The number of halogens is 1. The van der Waals surface area contributed by atoms with Crippen LogP contribution in [0.5, 0.6) is 0 Å². The van der Waals surface area contributed by atoms with Crippen LogP contribution in [0.3, 0.4) is 0 Å². The summed E-state index contributed by atoms with van der Waals surface area (Å²) in [5.74, 6) is 0.0843. The molecule has 1 aliphatic heterocycles. The fourth-order valence-electron chi connectivity index (χ4n) is 3.02. The van der Waals surface area contributed by atoms with Crippen LogP contribution < -0.4 is 10.2 Å². The van der Waals surface area contributed by atoms with E-state index in [1.807, 2.05) is 6.07 Å². The van der Waals surface area contributed by atoms with Gasteiger partial charge in [0.15, 0.2) is 5.82 Å². The number of nitriles is 1. The molecule has 0 unspecified atom stereocenters. The zero-order valence-electron chi connectivity index (χ0n) is 13.3. The number of nitrogens with one attached hydrogen (secondary N) is 1. The monoisotopic (exact) mass is 329 g/mol. The van der Waals surface area contributed by atoms with Gasteiger partial charge in [-0.05, 0) is 24.6 Å². The van der Waals surface area contributed by atoms with Crippen molar-refractivity contribution >= 4 is 11.6 Å². The SMILES string of the molecule is CC(=O)N[C@]1(c2noc(C)n2)CCN(c2ccc(C#N)cc2F)C1. The predicted octanol–water partition coefficient (Wildman–Crippen LogP) is 1.63. The summed E-state index contributed by atoms with van der Waals surface area (Å²) in [7, 11) is 0. The number of hydrogen-bond donors (Lipinski definition) is 1. The highest BCUT2D eigenvalue weighted by Crippen LogP contribution is 2.34. The zero-order valence-corrected chi connectivity index (χ0v) is 13.3. The second-order valence-electron chi connectivity index (χ2n) is 5.85. The Morgan fingerprint density at radius 2 is 2.33 bits per heavy atom. The molecular formula is C16H16FN5O2. The highest BCUT2D eigenvalue weighted by molar-refractivity contribution is 5.74. The number of hydrogen-bond acceptors (Lipinski definition) is 6. The summed E-state index contributed by atoms with van der Waals surface area (Å²) in [6.45, 7) is 3.91. The third-order valence-corrected chi connectivity index (χ3v) is 4.06. The second kappa shape index (κ2) is 5.92. The van der Waals surface area contributed by atoms with Crippen molar-refractivity contribution in [2.75, 3.05) is 18.0 Å².